The van der Waals surface area contributed by atoms with E-state index in [9.17, 15) is 9.59 Å². The van der Waals surface area contributed by atoms with Crippen molar-refractivity contribution in [3.05, 3.63) is 23.8 Å². The Morgan fingerprint density at radius 1 is 1.40 bits per heavy atom. The number of carbonyl (C=O) groups is 2. The monoisotopic (exact) mass is 276 g/mol. The topological polar surface area (TPSA) is 109 Å². The van der Waals surface area contributed by atoms with Crippen LogP contribution in [0.3, 0.4) is 0 Å². The highest BCUT2D eigenvalue weighted by molar-refractivity contribution is 6.12. The molecular formula is C13H16N4O3. The van der Waals surface area contributed by atoms with E-state index in [0.717, 1.165) is 0 Å². The van der Waals surface area contributed by atoms with Gasteiger partial charge in [-0.25, -0.2) is 9.59 Å². The van der Waals surface area contributed by atoms with E-state index in [2.05, 4.69) is 15.6 Å². The SMILES string of the molecule is CCNC(=O)Nc1cccc2c(C(=O)OC)c(N)[nH]c12. The Morgan fingerprint density at radius 3 is 2.80 bits per heavy atom. The van der Waals surface area contributed by atoms with E-state index >= 15 is 0 Å². The number of hydrogen-bond donors (Lipinski definition) is 4. The molecule has 0 aliphatic rings. The molecule has 0 saturated carbocycles. The number of rotatable bonds is 3. The Bertz CT molecular complexity index is 663. The number of aromatic amines is 1. The molecule has 5 N–H and O–H groups in total. The summed E-state index contributed by atoms with van der Waals surface area (Å²) in [6, 6.07) is 4.85. The van der Waals surface area contributed by atoms with Crippen molar-refractivity contribution in [1.82, 2.24) is 10.3 Å². The van der Waals surface area contributed by atoms with Crippen LogP contribution in [0.25, 0.3) is 10.9 Å². The van der Waals surface area contributed by atoms with Gasteiger partial charge in [0.25, 0.3) is 0 Å². The summed E-state index contributed by atoms with van der Waals surface area (Å²) < 4.78 is 4.70. The number of urea groups is 1. The Balaban J connectivity index is 2.49. The van der Waals surface area contributed by atoms with Crippen molar-refractivity contribution in [2.75, 3.05) is 24.7 Å². The molecule has 1 heterocycles. The van der Waals surface area contributed by atoms with Crippen LogP contribution in [0.15, 0.2) is 18.2 Å². The molecule has 0 bridgehead atoms. The zero-order valence-electron chi connectivity index (χ0n) is 11.2. The summed E-state index contributed by atoms with van der Waals surface area (Å²) in [7, 11) is 1.29. The van der Waals surface area contributed by atoms with E-state index < -0.39 is 5.97 Å². The minimum absolute atomic E-state index is 0.206. The fourth-order valence-electron chi connectivity index (χ4n) is 1.99. The van der Waals surface area contributed by atoms with Crippen LogP contribution in [0, 0.1) is 0 Å². The number of esters is 1. The van der Waals surface area contributed by atoms with Gasteiger partial charge in [0.1, 0.15) is 11.4 Å². The summed E-state index contributed by atoms with van der Waals surface area (Å²) in [5.74, 6) is -0.319. The molecule has 0 radical (unpaired) electrons. The molecule has 20 heavy (non-hydrogen) atoms. The molecule has 1 aromatic heterocycles. The first-order valence-electron chi connectivity index (χ1n) is 6.11. The minimum atomic E-state index is -0.524. The molecule has 7 nitrogen and oxygen atoms in total. The first kappa shape index (κ1) is 13.7. The third kappa shape index (κ3) is 2.37. The van der Waals surface area contributed by atoms with Crippen LogP contribution in [0.4, 0.5) is 16.3 Å². The maximum atomic E-state index is 11.7. The number of anilines is 2. The normalized spacial score (nSPS) is 10.3. The molecule has 0 unspecified atom stereocenters. The first-order valence-corrected chi connectivity index (χ1v) is 6.11. The second-order valence-electron chi connectivity index (χ2n) is 4.12. The van der Waals surface area contributed by atoms with Gasteiger partial charge < -0.3 is 26.1 Å². The molecule has 7 heteroatoms. The quantitative estimate of drug-likeness (QED) is 0.639. The van der Waals surface area contributed by atoms with Gasteiger partial charge in [-0.05, 0) is 13.0 Å². The third-order valence-corrected chi connectivity index (χ3v) is 2.84. The van der Waals surface area contributed by atoms with Gasteiger partial charge in [-0.3, -0.25) is 0 Å². The summed E-state index contributed by atoms with van der Waals surface area (Å²) in [6.07, 6.45) is 0. The Kier molecular flexibility index (Phi) is 3.79. The number of nitrogen functional groups attached to an aromatic ring is 1. The van der Waals surface area contributed by atoms with Crippen LogP contribution in [0.1, 0.15) is 17.3 Å². The maximum Gasteiger partial charge on any atom is 0.342 e. The molecule has 2 amide bonds. The van der Waals surface area contributed by atoms with Gasteiger partial charge in [-0.15, -0.1) is 0 Å². The molecule has 2 aromatic rings. The number of nitrogens with one attached hydrogen (secondary N) is 3. The molecule has 0 spiro atoms. The lowest BCUT2D eigenvalue weighted by Gasteiger charge is -2.06. The van der Waals surface area contributed by atoms with E-state index in [1.165, 1.54) is 7.11 Å². The summed E-state index contributed by atoms with van der Waals surface area (Å²) in [5.41, 5.74) is 7.19. The predicted octanol–water partition coefficient (Wildman–Crippen LogP) is 1.68. The highest BCUT2D eigenvalue weighted by Gasteiger charge is 2.19. The van der Waals surface area contributed by atoms with Crippen molar-refractivity contribution in [3.8, 4) is 0 Å². The summed E-state index contributed by atoms with van der Waals surface area (Å²) >= 11 is 0. The number of nitrogens with two attached hydrogens (primary N) is 1. The zero-order chi connectivity index (χ0) is 14.7. The summed E-state index contributed by atoms with van der Waals surface area (Å²) in [6.45, 7) is 2.34. The fraction of sp³-hybridized carbons (Fsp3) is 0.231. The number of carbonyl (C=O) groups excluding carboxylic acids is 2. The van der Waals surface area contributed by atoms with Gasteiger partial charge in [0.2, 0.25) is 0 Å². The van der Waals surface area contributed by atoms with Gasteiger partial charge in [0.05, 0.1) is 18.3 Å². The Morgan fingerprint density at radius 2 is 2.15 bits per heavy atom. The lowest BCUT2D eigenvalue weighted by atomic mass is 10.1. The second-order valence-corrected chi connectivity index (χ2v) is 4.12. The van der Waals surface area contributed by atoms with Crippen molar-refractivity contribution < 1.29 is 14.3 Å². The maximum absolute atomic E-state index is 11.7. The van der Waals surface area contributed by atoms with E-state index in [4.69, 9.17) is 10.5 Å². The predicted molar refractivity (Wildman–Crippen MR) is 76.7 cm³/mol. The van der Waals surface area contributed by atoms with Crippen molar-refractivity contribution >= 4 is 34.4 Å². The standard InChI is InChI=1S/C13H16N4O3/c1-3-15-13(19)16-8-6-4-5-7-9(12(18)20-2)11(14)17-10(7)8/h4-6,17H,3,14H2,1-2H3,(H2,15,16,19). The smallest absolute Gasteiger partial charge is 0.342 e. The molecule has 0 fully saturated rings. The average Bonchev–Trinajstić information content (AvgIpc) is 2.75. The first-order chi connectivity index (χ1) is 9.58. The van der Waals surface area contributed by atoms with Crippen LogP contribution in [0.5, 0.6) is 0 Å². The molecular weight excluding hydrogens is 260 g/mol. The number of amides is 2. The zero-order valence-corrected chi connectivity index (χ0v) is 11.2. The van der Waals surface area contributed by atoms with Gasteiger partial charge in [0, 0.05) is 11.9 Å². The van der Waals surface area contributed by atoms with E-state index in [1.807, 2.05) is 6.92 Å². The number of fused-ring (bicyclic) bond motifs is 1. The van der Waals surface area contributed by atoms with Crippen molar-refractivity contribution in [2.24, 2.45) is 0 Å². The number of aromatic nitrogens is 1. The molecule has 0 saturated heterocycles. The van der Waals surface area contributed by atoms with Gasteiger partial charge >= 0.3 is 12.0 Å². The number of ether oxygens (including phenoxy) is 1. The van der Waals surface area contributed by atoms with Gasteiger partial charge in [-0.1, -0.05) is 12.1 Å². The Hall–Kier alpha value is -2.70. The number of methoxy groups -OCH3 is 1. The van der Waals surface area contributed by atoms with E-state index in [0.29, 0.717) is 23.1 Å². The fourth-order valence-corrected chi connectivity index (χ4v) is 1.99. The lowest BCUT2D eigenvalue weighted by Crippen LogP contribution is -2.28. The molecule has 0 aliphatic carbocycles. The largest absolute Gasteiger partial charge is 0.465 e. The third-order valence-electron chi connectivity index (χ3n) is 2.84. The average molecular weight is 276 g/mol. The highest BCUT2D eigenvalue weighted by atomic mass is 16.5. The molecule has 2 rings (SSSR count). The highest BCUT2D eigenvalue weighted by Crippen LogP contribution is 2.30. The van der Waals surface area contributed by atoms with Gasteiger partial charge in [0.15, 0.2) is 0 Å². The molecule has 0 aliphatic heterocycles. The second kappa shape index (κ2) is 5.52. The lowest BCUT2D eigenvalue weighted by molar-refractivity contribution is 0.0604. The summed E-state index contributed by atoms with van der Waals surface area (Å²) in [5, 5.41) is 5.92. The minimum Gasteiger partial charge on any atom is -0.465 e. The van der Waals surface area contributed by atoms with Crippen molar-refractivity contribution in [3.63, 3.8) is 0 Å². The van der Waals surface area contributed by atoms with E-state index in [1.54, 1.807) is 18.2 Å². The number of hydrogen-bond acceptors (Lipinski definition) is 4. The number of H-pyrrole nitrogens is 1. The van der Waals surface area contributed by atoms with Crippen LogP contribution in [-0.2, 0) is 4.74 Å². The van der Waals surface area contributed by atoms with Crippen LogP contribution < -0.4 is 16.4 Å². The summed E-state index contributed by atoms with van der Waals surface area (Å²) in [4.78, 5) is 26.2. The number of benzene rings is 1. The molecule has 1 aromatic carbocycles. The van der Waals surface area contributed by atoms with Crippen LogP contribution in [-0.4, -0.2) is 30.6 Å². The molecule has 0 atom stereocenters. The van der Waals surface area contributed by atoms with Crippen molar-refractivity contribution in [2.45, 2.75) is 6.92 Å². The van der Waals surface area contributed by atoms with Crippen LogP contribution >= 0.6 is 0 Å². The van der Waals surface area contributed by atoms with Crippen molar-refractivity contribution in [1.29, 1.82) is 0 Å². The number of para-hydroxylation sites is 1. The molecule has 106 valence electrons. The van der Waals surface area contributed by atoms with E-state index in [-0.39, 0.29) is 17.4 Å². The van der Waals surface area contributed by atoms with Crippen LogP contribution in [0.2, 0.25) is 0 Å². The Labute approximate surface area is 115 Å². The van der Waals surface area contributed by atoms with Gasteiger partial charge in [-0.2, -0.15) is 0 Å².